The number of hydrogen-bond donors (Lipinski definition) is 0. The standard InChI is InChI=1S/C26H31N3O3/c1-20-4-6-22(7-5-20)26(8-14-31-15-9-26)25(30)29-13-16-32-19-21(18-29)17-23-24-3-2-11-28(24)12-10-27-23/h2-7,10-12,21H,8-9,13-19H2,1H3. The van der Waals surface area contributed by atoms with Crippen LogP contribution >= 0.6 is 0 Å². The van der Waals surface area contributed by atoms with E-state index in [2.05, 4.69) is 46.6 Å². The van der Waals surface area contributed by atoms with Crippen LogP contribution in [-0.2, 0) is 26.1 Å². The highest BCUT2D eigenvalue weighted by Crippen LogP contribution is 2.37. The van der Waals surface area contributed by atoms with E-state index < -0.39 is 5.41 Å². The van der Waals surface area contributed by atoms with Crippen molar-refractivity contribution in [2.24, 2.45) is 5.92 Å². The van der Waals surface area contributed by atoms with Gasteiger partial charge in [-0.1, -0.05) is 29.8 Å². The number of carbonyl (C=O) groups excluding carboxylic acids is 1. The molecule has 3 aromatic rings. The molecule has 0 N–H and O–H groups in total. The molecule has 1 unspecified atom stereocenters. The highest BCUT2D eigenvalue weighted by Gasteiger charge is 2.44. The Kier molecular flexibility index (Phi) is 5.98. The zero-order valence-corrected chi connectivity index (χ0v) is 18.7. The van der Waals surface area contributed by atoms with Gasteiger partial charge in [0.05, 0.1) is 29.8 Å². The topological polar surface area (TPSA) is 56.1 Å². The molecular formula is C26H31N3O3. The fourth-order valence-electron chi connectivity index (χ4n) is 5.17. The molecule has 2 aromatic heterocycles. The molecule has 168 valence electrons. The Bertz CT molecular complexity index is 1070. The summed E-state index contributed by atoms with van der Waals surface area (Å²) in [6, 6.07) is 12.6. The fourth-order valence-corrected chi connectivity index (χ4v) is 5.17. The number of aromatic nitrogens is 2. The maximum Gasteiger partial charge on any atom is 0.233 e. The van der Waals surface area contributed by atoms with E-state index >= 15 is 0 Å². The van der Waals surface area contributed by atoms with Gasteiger partial charge < -0.3 is 18.8 Å². The molecule has 2 aliphatic heterocycles. The number of amides is 1. The minimum atomic E-state index is -0.513. The molecule has 4 heterocycles. The van der Waals surface area contributed by atoms with Crippen molar-refractivity contribution in [2.45, 2.75) is 31.6 Å². The number of rotatable bonds is 4. The molecule has 0 saturated carbocycles. The third-order valence-electron chi connectivity index (χ3n) is 7.00. The highest BCUT2D eigenvalue weighted by molar-refractivity contribution is 5.88. The molecule has 2 saturated heterocycles. The summed E-state index contributed by atoms with van der Waals surface area (Å²) in [5, 5.41) is 0. The number of ether oxygens (including phenoxy) is 2. The maximum atomic E-state index is 14.1. The SMILES string of the molecule is Cc1ccc(C2(C(=O)N3CCOCC(Cc4nccn5cccc45)C3)CCOCC2)cc1. The predicted octanol–water partition coefficient (Wildman–Crippen LogP) is 3.41. The number of fused-ring (bicyclic) bond motifs is 1. The number of hydrogen-bond acceptors (Lipinski definition) is 4. The minimum absolute atomic E-state index is 0.213. The lowest BCUT2D eigenvalue weighted by atomic mass is 9.72. The first-order valence-corrected chi connectivity index (χ1v) is 11.6. The normalized spacial score (nSPS) is 21.4. The molecule has 0 aliphatic carbocycles. The van der Waals surface area contributed by atoms with Crippen LogP contribution < -0.4 is 0 Å². The van der Waals surface area contributed by atoms with Crippen molar-refractivity contribution in [1.82, 2.24) is 14.3 Å². The molecule has 1 atom stereocenters. The van der Waals surface area contributed by atoms with Crippen LogP contribution in [0.2, 0.25) is 0 Å². The van der Waals surface area contributed by atoms with Gasteiger partial charge in [-0.3, -0.25) is 9.78 Å². The summed E-state index contributed by atoms with van der Waals surface area (Å²) in [6.45, 7) is 5.86. The minimum Gasteiger partial charge on any atom is -0.381 e. The molecule has 1 aromatic carbocycles. The molecule has 0 radical (unpaired) electrons. The van der Waals surface area contributed by atoms with Crippen molar-refractivity contribution in [1.29, 1.82) is 0 Å². The summed E-state index contributed by atoms with van der Waals surface area (Å²) in [7, 11) is 0. The van der Waals surface area contributed by atoms with Crippen LogP contribution in [0.15, 0.2) is 55.0 Å². The Morgan fingerprint density at radius 1 is 1.09 bits per heavy atom. The lowest BCUT2D eigenvalue weighted by Crippen LogP contribution is -2.51. The molecule has 2 aliphatic rings. The van der Waals surface area contributed by atoms with Crippen LogP contribution in [0.25, 0.3) is 5.52 Å². The van der Waals surface area contributed by atoms with Gasteiger partial charge in [0.15, 0.2) is 0 Å². The molecule has 6 nitrogen and oxygen atoms in total. The van der Waals surface area contributed by atoms with Crippen LogP contribution in [0, 0.1) is 12.8 Å². The van der Waals surface area contributed by atoms with Crippen molar-refractivity contribution in [2.75, 3.05) is 39.5 Å². The van der Waals surface area contributed by atoms with E-state index in [-0.39, 0.29) is 11.8 Å². The maximum absolute atomic E-state index is 14.1. The van der Waals surface area contributed by atoms with Crippen molar-refractivity contribution in [3.05, 3.63) is 71.8 Å². The van der Waals surface area contributed by atoms with Crippen LogP contribution in [-0.4, -0.2) is 59.7 Å². The van der Waals surface area contributed by atoms with Gasteiger partial charge in [-0.25, -0.2) is 0 Å². The van der Waals surface area contributed by atoms with Gasteiger partial charge in [-0.2, -0.15) is 0 Å². The smallest absolute Gasteiger partial charge is 0.233 e. The van der Waals surface area contributed by atoms with E-state index in [1.807, 2.05) is 29.6 Å². The first-order valence-electron chi connectivity index (χ1n) is 11.6. The van der Waals surface area contributed by atoms with E-state index in [4.69, 9.17) is 9.47 Å². The van der Waals surface area contributed by atoms with Gasteiger partial charge in [0, 0.05) is 50.8 Å². The molecule has 0 spiro atoms. The van der Waals surface area contributed by atoms with Crippen molar-refractivity contribution in [3.8, 4) is 0 Å². The number of aryl methyl sites for hydroxylation is 1. The third-order valence-corrected chi connectivity index (χ3v) is 7.00. The largest absolute Gasteiger partial charge is 0.381 e. The van der Waals surface area contributed by atoms with Gasteiger partial charge in [-0.05, 0) is 43.9 Å². The number of nitrogens with zero attached hydrogens (tertiary/aromatic N) is 3. The van der Waals surface area contributed by atoms with Gasteiger partial charge in [-0.15, -0.1) is 0 Å². The summed E-state index contributed by atoms with van der Waals surface area (Å²) in [5.41, 5.74) is 3.98. The highest BCUT2D eigenvalue weighted by atomic mass is 16.5. The molecular weight excluding hydrogens is 402 g/mol. The van der Waals surface area contributed by atoms with Gasteiger partial charge in [0.1, 0.15) is 0 Å². The van der Waals surface area contributed by atoms with Crippen molar-refractivity contribution >= 4 is 11.4 Å². The first-order chi connectivity index (χ1) is 15.7. The summed E-state index contributed by atoms with van der Waals surface area (Å²) >= 11 is 0. The second-order valence-electron chi connectivity index (χ2n) is 9.13. The zero-order valence-electron chi connectivity index (χ0n) is 18.7. The quantitative estimate of drug-likeness (QED) is 0.633. The summed E-state index contributed by atoms with van der Waals surface area (Å²) in [4.78, 5) is 20.8. The van der Waals surface area contributed by atoms with Crippen LogP contribution in [0.5, 0.6) is 0 Å². The Labute approximate surface area is 189 Å². The Morgan fingerprint density at radius 3 is 2.72 bits per heavy atom. The Balaban J connectivity index is 1.40. The molecule has 2 fully saturated rings. The van der Waals surface area contributed by atoms with Gasteiger partial charge in [0.2, 0.25) is 5.91 Å². The molecule has 5 rings (SSSR count). The van der Waals surface area contributed by atoms with Crippen LogP contribution in [0.1, 0.15) is 29.7 Å². The van der Waals surface area contributed by atoms with Gasteiger partial charge >= 0.3 is 0 Å². The van der Waals surface area contributed by atoms with Crippen molar-refractivity contribution < 1.29 is 14.3 Å². The summed E-state index contributed by atoms with van der Waals surface area (Å²) in [5.74, 6) is 0.430. The molecule has 1 amide bonds. The monoisotopic (exact) mass is 433 g/mol. The second-order valence-corrected chi connectivity index (χ2v) is 9.13. The molecule has 6 heteroatoms. The Hall–Kier alpha value is -2.70. The fraction of sp³-hybridized carbons (Fsp3) is 0.462. The predicted molar refractivity (Wildman–Crippen MR) is 123 cm³/mol. The second kappa shape index (κ2) is 9.04. The molecule has 0 bridgehead atoms. The first kappa shape index (κ1) is 21.2. The van der Waals surface area contributed by atoms with E-state index in [1.54, 1.807) is 0 Å². The third kappa shape index (κ3) is 4.05. The van der Waals surface area contributed by atoms with Gasteiger partial charge in [0.25, 0.3) is 0 Å². The van der Waals surface area contributed by atoms with Crippen molar-refractivity contribution in [3.63, 3.8) is 0 Å². The molecule has 32 heavy (non-hydrogen) atoms. The van der Waals surface area contributed by atoms with Crippen LogP contribution in [0.4, 0.5) is 0 Å². The van der Waals surface area contributed by atoms with E-state index in [0.29, 0.717) is 39.5 Å². The zero-order chi connectivity index (χ0) is 22.0. The average Bonchev–Trinajstić information content (AvgIpc) is 3.19. The van der Waals surface area contributed by atoms with E-state index in [9.17, 15) is 4.79 Å². The number of benzene rings is 1. The summed E-state index contributed by atoms with van der Waals surface area (Å²) in [6.07, 6.45) is 8.09. The van der Waals surface area contributed by atoms with E-state index in [1.165, 1.54) is 5.56 Å². The lowest BCUT2D eigenvalue weighted by Gasteiger charge is -2.40. The van der Waals surface area contributed by atoms with E-state index in [0.717, 1.165) is 36.0 Å². The average molecular weight is 434 g/mol. The summed E-state index contributed by atoms with van der Waals surface area (Å²) < 4.78 is 13.7. The lowest BCUT2D eigenvalue weighted by molar-refractivity contribution is -0.141. The van der Waals surface area contributed by atoms with Crippen LogP contribution in [0.3, 0.4) is 0 Å². The Morgan fingerprint density at radius 2 is 1.91 bits per heavy atom. The number of carbonyl (C=O) groups is 1.